The van der Waals surface area contributed by atoms with Crippen LogP contribution in [0.15, 0.2) is 17.7 Å². The smallest absolute Gasteiger partial charge is 0.341 e. The lowest BCUT2D eigenvalue weighted by Crippen LogP contribution is -2.27. The molecule has 26 heavy (non-hydrogen) atoms. The number of nitriles is 1. The number of carboxylic acids is 1. The first-order valence-electron chi connectivity index (χ1n) is 7.62. The number of benzene rings is 1. The number of nitrogens with one attached hydrogen (secondary N) is 1. The van der Waals surface area contributed by atoms with Crippen LogP contribution in [-0.2, 0) is 14.3 Å². The quantitative estimate of drug-likeness (QED) is 0.230. The second-order valence-electron chi connectivity index (χ2n) is 4.86. The molecular weight excluding hydrogens is 455 g/mol. The Kier molecular flexibility index (Phi) is 9.46. The van der Waals surface area contributed by atoms with Crippen LogP contribution in [0.25, 0.3) is 6.08 Å². The third-order valence-corrected chi connectivity index (χ3v) is 3.74. The summed E-state index contributed by atoms with van der Waals surface area (Å²) in [5, 5.41) is 20.6. The number of carbonyl (C=O) groups excluding carboxylic acids is 1. The van der Waals surface area contributed by atoms with Gasteiger partial charge in [-0.3, -0.25) is 4.79 Å². The lowest BCUT2D eigenvalue weighted by molar-refractivity contribution is -0.139. The normalized spacial score (nSPS) is 10.8. The number of aliphatic carboxylic acids is 1. The highest BCUT2D eigenvalue weighted by atomic mass is 127. The average molecular weight is 474 g/mol. The molecule has 0 spiro atoms. The number of ether oxygens (including phenoxy) is 3. The standard InChI is InChI=1S/C17H19IN2O6/c1-3-25-14-8-11(7-13(18)16(14)26-10-15(21)22)6-12(9-19)17(23)20-4-5-24-2/h6-8H,3-5,10H2,1-2H3,(H,20,23)(H,21,22)/b12-6+. The Bertz CT molecular complexity index is 727. The summed E-state index contributed by atoms with van der Waals surface area (Å²) in [5.41, 5.74) is 0.484. The molecule has 8 nitrogen and oxygen atoms in total. The summed E-state index contributed by atoms with van der Waals surface area (Å²) in [4.78, 5) is 22.7. The zero-order chi connectivity index (χ0) is 19.5. The molecule has 0 aliphatic rings. The van der Waals surface area contributed by atoms with Crippen molar-refractivity contribution in [2.24, 2.45) is 0 Å². The van der Waals surface area contributed by atoms with Gasteiger partial charge in [0.05, 0.1) is 16.8 Å². The Morgan fingerprint density at radius 2 is 2.12 bits per heavy atom. The summed E-state index contributed by atoms with van der Waals surface area (Å²) in [6.45, 7) is 2.25. The molecule has 1 rings (SSSR count). The Hall–Kier alpha value is -2.32. The Morgan fingerprint density at radius 1 is 1.38 bits per heavy atom. The molecule has 0 saturated carbocycles. The number of carboxylic acid groups (broad SMARTS) is 1. The van der Waals surface area contributed by atoms with Crippen LogP contribution in [0, 0.1) is 14.9 Å². The fraction of sp³-hybridized carbons (Fsp3) is 0.353. The van der Waals surface area contributed by atoms with Gasteiger partial charge >= 0.3 is 5.97 Å². The van der Waals surface area contributed by atoms with E-state index in [1.807, 2.05) is 28.7 Å². The lowest BCUT2D eigenvalue weighted by atomic mass is 10.1. The monoisotopic (exact) mass is 474 g/mol. The molecule has 0 aliphatic heterocycles. The maximum atomic E-state index is 12.0. The van der Waals surface area contributed by atoms with Crippen LogP contribution in [0.4, 0.5) is 0 Å². The first-order valence-corrected chi connectivity index (χ1v) is 8.70. The summed E-state index contributed by atoms with van der Waals surface area (Å²) in [7, 11) is 1.51. The van der Waals surface area contributed by atoms with Crippen LogP contribution >= 0.6 is 22.6 Å². The molecule has 0 bridgehead atoms. The van der Waals surface area contributed by atoms with Crippen molar-refractivity contribution in [2.75, 3.05) is 33.5 Å². The first-order chi connectivity index (χ1) is 12.4. The van der Waals surface area contributed by atoms with Crippen molar-refractivity contribution in [1.82, 2.24) is 5.32 Å². The minimum atomic E-state index is -1.10. The molecule has 0 fully saturated rings. The van der Waals surface area contributed by atoms with Crippen LogP contribution in [0.2, 0.25) is 0 Å². The SMILES string of the molecule is CCOc1cc(/C=C(\C#N)C(=O)NCCOC)cc(I)c1OCC(=O)O. The lowest BCUT2D eigenvalue weighted by Gasteiger charge is -2.13. The van der Waals surface area contributed by atoms with E-state index in [2.05, 4.69) is 5.32 Å². The molecule has 0 aromatic heterocycles. The molecule has 0 radical (unpaired) electrons. The average Bonchev–Trinajstić information content (AvgIpc) is 2.59. The second kappa shape index (κ2) is 11.3. The molecule has 0 saturated heterocycles. The van der Waals surface area contributed by atoms with Crippen LogP contribution < -0.4 is 14.8 Å². The molecule has 1 aromatic carbocycles. The fourth-order valence-corrected chi connectivity index (χ4v) is 2.67. The van der Waals surface area contributed by atoms with Crippen molar-refractivity contribution < 1.29 is 28.9 Å². The largest absolute Gasteiger partial charge is 0.490 e. The van der Waals surface area contributed by atoms with E-state index in [4.69, 9.17) is 19.3 Å². The van der Waals surface area contributed by atoms with Gasteiger partial charge in [0.1, 0.15) is 11.6 Å². The number of methoxy groups -OCH3 is 1. The Labute approximate surface area is 164 Å². The van der Waals surface area contributed by atoms with E-state index >= 15 is 0 Å². The molecule has 2 N–H and O–H groups in total. The summed E-state index contributed by atoms with van der Waals surface area (Å²) < 4.78 is 16.2. The highest BCUT2D eigenvalue weighted by Gasteiger charge is 2.15. The number of hydrogen-bond donors (Lipinski definition) is 2. The zero-order valence-electron chi connectivity index (χ0n) is 14.4. The van der Waals surface area contributed by atoms with Gasteiger partial charge in [-0.15, -0.1) is 0 Å². The van der Waals surface area contributed by atoms with Crippen molar-refractivity contribution in [2.45, 2.75) is 6.92 Å². The van der Waals surface area contributed by atoms with Gasteiger partial charge in [0, 0.05) is 13.7 Å². The topological polar surface area (TPSA) is 118 Å². The molecule has 0 aliphatic carbocycles. The summed E-state index contributed by atoms with van der Waals surface area (Å²) in [5.74, 6) is -0.977. The molecule has 9 heteroatoms. The van der Waals surface area contributed by atoms with Gasteiger partial charge in [-0.05, 0) is 53.3 Å². The maximum Gasteiger partial charge on any atom is 0.341 e. The molecule has 0 unspecified atom stereocenters. The van der Waals surface area contributed by atoms with E-state index in [0.717, 1.165) is 0 Å². The van der Waals surface area contributed by atoms with E-state index in [0.29, 0.717) is 33.8 Å². The zero-order valence-corrected chi connectivity index (χ0v) is 16.5. The van der Waals surface area contributed by atoms with Crippen LogP contribution in [-0.4, -0.2) is 50.5 Å². The number of carbonyl (C=O) groups is 2. The van der Waals surface area contributed by atoms with Crippen molar-refractivity contribution in [3.63, 3.8) is 0 Å². The second-order valence-corrected chi connectivity index (χ2v) is 6.03. The van der Waals surface area contributed by atoms with Gasteiger partial charge in [-0.2, -0.15) is 5.26 Å². The van der Waals surface area contributed by atoms with Crippen LogP contribution in [0.3, 0.4) is 0 Å². The van der Waals surface area contributed by atoms with E-state index in [1.165, 1.54) is 13.2 Å². The molecule has 1 amide bonds. The number of halogens is 1. The van der Waals surface area contributed by atoms with Gasteiger partial charge in [-0.1, -0.05) is 0 Å². The summed E-state index contributed by atoms with van der Waals surface area (Å²) in [6.07, 6.45) is 1.42. The minimum absolute atomic E-state index is 0.0708. The van der Waals surface area contributed by atoms with Gasteiger partial charge < -0.3 is 24.6 Å². The molecule has 140 valence electrons. The molecule has 1 aromatic rings. The molecular formula is C17H19IN2O6. The Balaban J connectivity index is 3.13. The fourth-order valence-electron chi connectivity index (χ4n) is 1.89. The summed E-state index contributed by atoms with van der Waals surface area (Å²) in [6, 6.07) is 5.11. The highest BCUT2D eigenvalue weighted by Crippen LogP contribution is 2.35. The van der Waals surface area contributed by atoms with E-state index in [1.54, 1.807) is 19.1 Å². The third kappa shape index (κ3) is 6.89. The van der Waals surface area contributed by atoms with Gasteiger partial charge in [0.2, 0.25) is 0 Å². The number of rotatable bonds is 10. The molecule has 0 heterocycles. The Morgan fingerprint density at radius 3 is 2.69 bits per heavy atom. The predicted octanol–water partition coefficient (Wildman–Crippen LogP) is 1.82. The number of amides is 1. The van der Waals surface area contributed by atoms with Crippen molar-refractivity contribution in [3.8, 4) is 17.6 Å². The van der Waals surface area contributed by atoms with Crippen LogP contribution in [0.1, 0.15) is 12.5 Å². The molecule has 0 atom stereocenters. The van der Waals surface area contributed by atoms with Crippen molar-refractivity contribution in [1.29, 1.82) is 5.26 Å². The predicted molar refractivity (Wildman–Crippen MR) is 102 cm³/mol. The van der Waals surface area contributed by atoms with Crippen molar-refractivity contribution >= 4 is 40.5 Å². The van der Waals surface area contributed by atoms with E-state index in [-0.39, 0.29) is 12.1 Å². The van der Waals surface area contributed by atoms with Gasteiger partial charge in [0.15, 0.2) is 18.1 Å². The number of nitrogens with zero attached hydrogens (tertiary/aromatic N) is 1. The number of hydrogen-bond acceptors (Lipinski definition) is 6. The van der Waals surface area contributed by atoms with Crippen molar-refractivity contribution in [3.05, 3.63) is 26.8 Å². The van der Waals surface area contributed by atoms with Gasteiger partial charge in [-0.25, -0.2) is 4.79 Å². The minimum Gasteiger partial charge on any atom is -0.490 e. The first kappa shape index (κ1) is 21.7. The summed E-state index contributed by atoms with van der Waals surface area (Å²) >= 11 is 1.97. The maximum absolute atomic E-state index is 12.0. The van der Waals surface area contributed by atoms with E-state index < -0.39 is 18.5 Å². The highest BCUT2D eigenvalue weighted by molar-refractivity contribution is 14.1. The van der Waals surface area contributed by atoms with Crippen LogP contribution in [0.5, 0.6) is 11.5 Å². The van der Waals surface area contributed by atoms with Gasteiger partial charge in [0.25, 0.3) is 5.91 Å². The van der Waals surface area contributed by atoms with E-state index in [9.17, 15) is 14.9 Å². The third-order valence-electron chi connectivity index (χ3n) is 2.94.